The second-order valence-electron chi connectivity index (χ2n) is 5.45. The fourth-order valence-corrected chi connectivity index (χ4v) is 2.61. The number of aromatic nitrogens is 4. The Morgan fingerprint density at radius 1 is 1.31 bits per heavy atom. The van der Waals surface area contributed by atoms with Gasteiger partial charge in [-0.05, 0) is 42.5 Å². The first-order chi connectivity index (χ1) is 12.5. The zero-order valence-corrected chi connectivity index (χ0v) is 16.3. The Balaban J connectivity index is 1.54. The number of benzene rings is 1. The van der Waals surface area contributed by atoms with E-state index in [0.29, 0.717) is 34.9 Å². The molecule has 0 fully saturated rings. The fourth-order valence-electron chi connectivity index (χ4n) is 2.19. The molecule has 2 N–H and O–H groups in total. The van der Waals surface area contributed by atoms with Gasteiger partial charge in [-0.2, -0.15) is 5.10 Å². The maximum absolute atomic E-state index is 12.2. The third kappa shape index (κ3) is 4.55. The van der Waals surface area contributed by atoms with E-state index in [1.807, 2.05) is 31.3 Å². The highest BCUT2D eigenvalue weighted by molar-refractivity contribution is 9.10. The Morgan fingerprint density at radius 2 is 2.08 bits per heavy atom. The van der Waals surface area contributed by atoms with Crippen molar-refractivity contribution >= 4 is 34.1 Å². The summed E-state index contributed by atoms with van der Waals surface area (Å²) in [7, 11) is 1.83. The van der Waals surface area contributed by atoms with Crippen molar-refractivity contribution in [3.05, 3.63) is 63.2 Å². The Bertz CT molecular complexity index is 951. The zero-order chi connectivity index (χ0) is 18.5. The molecule has 0 radical (unpaired) electrons. The summed E-state index contributed by atoms with van der Waals surface area (Å²) in [6.07, 6.45) is 2.06. The Labute approximate surface area is 163 Å². The second-order valence-corrected chi connectivity index (χ2v) is 6.75. The Hall–Kier alpha value is -2.52. The first kappa shape index (κ1) is 18.3. The molecule has 0 aliphatic rings. The minimum absolute atomic E-state index is 0.204. The molecule has 3 aromatic rings. The number of nitrogens with one attached hydrogen (secondary N) is 2. The van der Waals surface area contributed by atoms with Crippen molar-refractivity contribution in [1.82, 2.24) is 25.1 Å². The van der Waals surface area contributed by atoms with Gasteiger partial charge < -0.3 is 14.6 Å². The van der Waals surface area contributed by atoms with Gasteiger partial charge in [-0.3, -0.25) is 9.89 Å². The fraction of sp³-hybridized carbons (Fsp3) is 0.176. The SMILES string of the molecule is Cn1c(CCNC(=O)c2ccc(Oc3ccc(Br)cc3)nc2)n[nH]c1=S. The van der Waals surface area contributed by atoms with Crippen LogP contribution in [0, 0.1) is 4.77 Å². The molecule has 1 aromatic carbocycles. The molecule has 26 heavy (non-hydrogen) atoms. The van der Waals surface area contributed by atoms with Crippen molar-refractivity contribution in [1.29, 1.82) is 0 Å². The minimum atomic E-state index is -0.204. The number of carbonyl (C=O) groups is 1. The maximum atomic E-state index is 12.2. The van der Waals surface area contributed by atoms with Gasteiger partial charge in [0, 0.05) is 36.7 Å². The third-order valence-electron chi connectivity index (χ3n) is 3.64. The van der Waals surface area contributed by atoms with Crippen LogP contribution in [0.3, 0.4) is 0 Å². The van der Waals surface area contributed by atoms with Gasteiger partial charge in [-0.1, -0.05) is 15.9 Å². The average molecular weight is 434 g/mol. The number of amides is 1. The number of hydrogen-bond donors (Lipinski definition) is 2. The van der Waals surface area contributed by atoms with Crippen LogP contribution in [0.2, 0.25) is 0 Å². The number of nitrogens with zero attached hydrogens (tertiary/aromatic N) is 3. The highest BCUT2D eigenvalue weighted by atomic mass is 79.9. The first-order valence-electron chi connectivity index (χ1n) is 7.81. The molecular weight excluding hydrogens is 418 g/mol. The van der Waals surface area contributed by atoms with Crippen LogP contribution in [0.5, 0.6) is 11.6 Å². The van der Waals surface area contributed by atoms with E-state index in [9.17, 15) is 4.79 Å². The quantitative estimate of drug-likeness (QED) is 0.581. The van der Waals surface area contributed by atoms with Gasteiger partial charge in [0.2, 0.25) is 5.88 Å². The molecule has 0 atom stereocenters. The molecule has 0 aliphatic heterocycles. The summed E-state index contributed by atoms with van der Waals surface area (Å²) in [6.45, 7) is 0.448. The van der Waals surface area contributed by atoms with Gasteiger partial charge in [-0.15, -0.1) is 0 Å². The molecular formula is C17H16BrN5O2S. The number of H-pyrrole nitrogens is 1. The van der Waals surface area contributed by atoms with Crippen molar-refractivity contribution in [2.45, 2.75) is 6.42 Å². The number of halogens is 1. The first-order valence-corrected chi connectivity index (χ1v) is 9.01. The summed E-state index contributed by atoms with van der Waals surface area (Å²) in [5, 5.41) is 9.65. The molecule has 0 aliphatic carbocycles. The van der Waals surface area contributed by atoms with E-state index in [0.717, 1.165) is 10.3 Å². The second kappa shape index (κ2) is 8.24. The number of ether oxygens (including phenoxy) is 1. The van der Waals surface area contributed by atoms with Gasteiger partial charge in [0.05, 0.1) is 5.56 Å². The van der Waals surface area contributed by atoms with E-state index in [2.05, 4.69) is 36.4 Å². The molecule has 3 rings (SSSR count). The molecule has 2 heterocycles. The summed E-state index contributed by atoms with van der Waals surface area (Å²) < 4.78 is 8.93. The summed E-state index contributed by atoms with van der Waals surface area (Å²) in [5.41, 5.74) is 0.462. The van der Waals surface area contributed by atoms with Crippen LogP contribution in [-0.4, -0.2) is 32.2 Å². The number of carbonyl (C=O) groups excluding carboxylic acids is 1. The van der Waals surface area contributed by atoms with Crippen LogP contribution < -0.4 is 10.1 Å². The van der Waals surface area contributed by atoms with Crippen LogP contribution in [0.1, 0.15) is 16.2 Å². The van der Waals surface area contributed by atoms with E-state index in [-0.39, 0.29) is 5.91 Å². The van der Waals surface area contributed by atoms with Gasteiger partial charge >= 0.3 is 0 Å². The highest BCUT2D eigenvalue weighted by Gasteiger charge is 2.08. The Morgan fingerprint density at radius 3 is 2.69 bits per heavy atom. The van der Waals surface area contributed by atoms with Crippen LogP contribution in [0.4, 0.5) is 0 Å². The van der Waals surface area contributed by atoms with Gasteiger partial charge in [0.1, 0.15) is 11.6 Å². The summed E-state index contributed by atoms with van der Waals surface area (Å²) in [4.78, 5) is 16.4. The normalized spacial score (nSPS) is 10.5. The van der Waals surface area contributed by atoms with E-state index in [1.54, 1.807) is 16.7 Å². The van der Waals surface area contributed by atoms with Crippen LogP contribution >= 0.6 is 28.1 Å². The van der Waals surface area contributed by atoms with Crippen molar-refractivity contribution in [3.63, 3.8) is 0 Å². The lowest BCUT2D eigenvalue weighted by Crippen LogP contribution is -2.26. The summed E-state index contributed by atoms with van der Waals surface area (Å²) in [6, 6.07) is 10.8. The number of aromatic amines is 1. The molecule has 2 aromatic heterocycles. The summed E-state index contributed by atoms with van der Waals surface area (Å²) in [5.74, 6) is 1.67. The minimum Gasteiger partial charge on any atom is -0.439 e. The van der Waals surface area contributed by atoms with Gasteiger partial charge in [0.25, 0.3) is 5.91 Å². The maximum Gasteiger partial charge on any atom is 0.252 e. The molecule has 0 spiro atoms. The molecule has 0 unspecified atom stereocenters. The monoisotopic (exact) mass is 433 g/mol. The number of hydrogen-bond acceptors (Lipinski definition) is 5. The van der Waals surface area contributed by atoms with E-state index in [4.69, 9.17) is 17.0 Å². The highest BCUT2D eigenvalue weighted by Crippen LogP contribution is 2.21. The van der Waals surface area contributed by atoms with Crippen molar-refractivity contribution < 1.29 is 9.53 Å². The largest absolute Gasteiger partial charge is 0.439 e. The van der Waals surface area contributed by atoms with Crippen molar-refractivity contribution in [2.24, 2.45) is 7.05 Å². The summed E-state index contributed by atoms with van der Waals surface area (Å²) >= 11 is 8.42. The van der Waals surface area contributed by atoms with Crippen LogP contribution in [-0.2, 0) is 13.5 Å². The molecule has 0 bridgehead atoms. The van der Waals surface area contributed by atoms with E-state index in [1.165, 1.54) is 6.20 Å². The molecule has 1 amide bonds. The molecule has 0 saturated carbocycles. The van der Waals surface area contributed by atoms with Gasteiger partial charge in [0.15, 0.2) is 4.77 Å². The molecule has 9 heteroatoms. The van der Waals surface area contributed by atoms with Crippen LogP contribution in [0.25, 0.3) is 0 Å². The average Bonchev–Trinajstić information content (AvgIpc) is 2.96. The predicted octanol–water partition coefficient (Wildman–Crippen LogP) is 3.40. The number of rotatable bonds is 6. The third-order valence-corrected chi connectivity index (χ3v) is 4.53. The lowest BCUT2D eigenvalue weighted by Gasteiger charge is -2.07. The Kier molecular flexibility index (Phi) is 5.79. The predicted molar refractivity (Wildman–Crippen MR) is 103 cm³/mol. The molecule has 0 saturated heterocycles. The topological polar surface area (TPSA) is 84.8 Å². The number of pyridine rings is 1. The lowest BCUT2D eigenvalue weighted by molar-refractivity contribution is 0.0953. The smallest absolute Gasteiger partial charge is 0.252 e. The van der Waals surface area contributed by atoms with E-state index >= 15 is 0 Å². The molecule has 134 valence electrons. The van der Waals surface area contributed by atoms with Crippen molar-refractivity contribution in [2.75, 3.05) is 6.54 Å². The standard InChI is InChI=1S/C17H16BrN5O2S/c1-23-14(21-22-17(23)26)8-9-19-16(24)11-2-7-15(20-10-11)25-13-5-3-12(18)4-6-13/h2-7,10H,8-9H2,1H3,(H,19,24)(H,22,26). The van der Waals surface area contributed by atoms with Crippen molar-refractivity contribution in [3.8, 4) is 11.6 Å². The van der Waals surface area contributed by atoms with Crippen LogP contribution in [0.15, 0.2) is 47.1 Å². The van der Waals surface area contributed by atoms with Gasteiger partial charge in [-0.25, -0.2) is 4.98 Å². The lowest BCUT2D eigenvalue weighted by atomic mass is 10.2. The van der Waals surface area contributed by atoms with E-state index < -0.39 is 0 Å². The molecule has 7 nitrogen and oxygen atoms in total. The zero-order valence-electron chi connectivity index (χ0n) is 13.9.